The van der Waals surface area contributed by atoms with E-state index in [1.807, 2.05) is 24.3 Å². The number of aromatic nitrogens is 1. The summed E-state index contributed by atoms with van der Waals surface area (Å²) in [5.41, 5.74) is 0.916. The van der Waals surface area contributed by atoms with Crippen molar-refractivity contribution in [1.82, 2.24) is 4.98 Å². The molecule has 3 rings (SSSR count). The molecule has 0 saturated carbocycles. The van der Waals surface area contributed by atoms with Crippen LogP contribution in [0.15, 0.2) is 46.6 Å². The molecule has 0 atom stereocenters. The Hall–Kier alpha value is -3.07. The van der Waals surface area contributed by atoms with E-state index in [1.165, 1.54) is 30.6 Å². The number of thiazole rings is 1. The molecule has 0 aliphatic rings. The van der Waals surface area contributed by atoms with Gasteiger partial charge in [0.15, 0.2) is 5.75 Å². The van der Waals surface area contributed by atoms with Crippen molar-refractivity contribution in [3.05, 3.63) is 52.1 Å². The average molecular weight is 344 g/mol. The minimum Gasteiger partial charge on any atom is -0.500 e. The molecule has 0 bridgehead atoms. The maximum absolute atomic E-state index is 11.0. The van der Waals surface area contributed by atoms with Crippen LogP contribution in [0.5, 0.6) is 11.5 Å². The fourth-order valence-corrected chi connectivity index (χ4v) is 2.92. The van der Waals surface area contributed by atoms with Gasteiger partial charge in [-0.1, -0.05) is 23.5 Å². The van der Waals surface area contributed by atoms with Crippen LogP contribution in [-0.2, 0) is 6.54 Å². The second kappa shape index (κ2) is 6.59. The third kappa shape index (κ3) is 3.15. The number of ether oxygens (including phenoxy) is 1. The van der Waals surface area contributed by atoms with Crippen LogP contribution in [0.3, 0.4) is 0 Å². The number of nitrogens with zero attached hydrogens (tertiary/aromatic N) is 4. The zero-order valence-electron chi connectivity index (χ0n) is 12.5. The van der Waals surface area contributed by atoms with Gasteiger partial charge >= 0.3 is 5.69 Å². The van der Waals surface area contributed by atoms with E-state index in [0.717, 1.165) is 10.2 Å². The number of hydrogen-bond acceptors (Lipinski definition) is 8. The molecular weight excluding hydrogens is 332 g/mol. The second-order valence-electron chi connectivity index (χ2n) is 4.79. The Kier molecular flexibility index (Phi) is 4.34. The number of phenolic OH excluding ortho intramolecular Hbond substituents is 1. The van der Waals surface area contributed by atoms with Crippen LogP contribution < -0.4 is 4.74 Å². The molecule has 122 valence electrons. The molecule has 24 heavy (non-hydrogen) atoms. The Bertz CT molecular complexity index is 905. The van der Waals surface area contributed by atoms with Crippen molar-refractivity contribution in [2.24, 2.45) is 10.2 Å². The molecule has 0 aliphatic carbocycles. The number of methoxy groups -OCH3 is 1. The minimum atomic E-state index is -0.675. The van der Waals surface area contributed by atoms with Crippen molar-refractivity contribution < 1.29 is 14.8 Å². The summed E-state index contributed by atoms with van der Waals surface area (Å²) in [5, 5.41) is 29.3. The Morgan fingerprint density at radius 3 is 2.88 bits per heavy atom. The van der Waals surface area contributed by atoms with Gasteiger partial charge in [-0.15, -0.1) is 5.11 Å². The number of aromatic hydroxyl groups is 1. The van der Waals surface area contributed by atoms with E-state index in [-0.39, 0.29) is 12.3 Å². The Labute approximate surface area is 140 Å². The zero-order valence-corrected chi connectivity index (χ0v) is 13.4. The second-order valence-corrected chi connectivity index (χ2v) is 5.80. The highest BCUT2D eigenvalue weighted by Gasteiger charge is 2.19. The van der Waals surface area contributed by atoms with Gasteiger partial charge in [0, 0.05) is 6.07 Å². The lowest BCUT2D eigenvalue weighted by Crippen LogP contribution is -1.94. The third-order valence-electron chi connectivity index (χ3n) is 3.22. The van der Waals surface area contributed by atoms with Gasteiger partial charge < -0.3 is 9.84 Å². The summed E-state index contributed by atoms with van der Waals surface area (Å²) in [7, 11) is 1.32. The first-order valence-corrected chi connectivity index (χ1v) is 7.67. The molecular formula is C15H12N4O4S. The molecule has 0 aliphatic heterocycles. The molecule has 0 unspecified atom stereocenters. The molecule has 1 heterocycles. The highest BCUT2D eigenvalue weighted by Crippen LogP contribution is 2.37. The van der Waals surface area contributed by atoms with Gasteiger partial charge in [-0.2, -0.15) is 5.11 Å². The van der Waals surface area contributed by atoms with Gasteiger partial charge in [0.2, 0.25) is 10.9 Å². The normalized spacial score (nSPS) is 11.2. The summed E-state index contributed by atoms with van der Waals surface area (Å²) in [6.07, 6.45) is 0. The van der Waals surface area contributed by atoms with Gasteiger partial charge in [0.05, 0.1) is 28.8 Å². The quantitative estimate of drug-likeness (QED) is 0.423. The van der Waals surface area contributed by atoms with Crippen LogP contribution >= 0.6 is 11.3 Å². The maximum atomic E-state index is 11.0. The van der Waals surface area contributed by atoms with E-state index in [2.05, 4.69) is 15.2 Å². The van der Waals surface area contributed by atoms with Crippen molar-refractivity contribution in [3.63, 3.8) is 0 Å². The Morgan fingerprint density at radius 2 is 2.17 bits per heavy atom. The lowest BCUT2D eigenvalue weighted by molar-refractivity contribution is -0.386. The molecule has 1 aromatic heterocycles. The van der Waals surface area contributed by atoms with E-state index in [4.69, 9.17) is 4.74 Å². The third-order valence-corrected chi connectivity index (χ3v) is 4.14. The molecule has 0 saturated heterocycles. The van der Waals surface area contributed by atoms with Gasteiger partial charge in [-0.3, -0.25) is 10.1 Å². The van der Waals surface area contributed by atoms with Crippen molar-refractivity contribution in [2.75, 3.05) is 7.11 Å². The summed E-state index contributed by atoms with van der Waals surface area (Å²) >= 11 is 1.41. The molecule has 3 aromatic rings. The highest BCUT2D eigenvalue weighted by atomic mass is 32.1. The topological polar surface area (TPSA) is 110 Å². The van der Waals surface area contributed by atoms with Crippen LogP contribution in [0.2, 0.25) is 0 Å². The smallest absolute Gasteiger partial charge is 0.315 e. The molecule has 0 amide bonds. The fourth-order valence-electron chi connectivity index (χ4n) is 2.11. The molecule has 0 spiro atoms. The first-order valence-electron chi connectivity index (χ1n) is 6.86. The fraction of sp³-hybridized carbons (Fsp3) is 0.133. The summed E-state index contributed by atoms with van der Waals surface area (Å²) in [6, 6.07) is 10.4. The first kappa shape index (κ1) is 15.8. The number of fused-ring (bicyclic) bond motifs is 1. The van der Waals surface area contributed by atoms with E-state index in [0.29, 0.717) is 10.7 Å². The number of para-hydroxylation sites is 1. The summed E-state index contributed by atoms with van der Waals surface area (Å²) < 4.78 is 5.95. The molecule has 1 N–H and O–H groups in total. The average Bonchev–Trinajstić information content (AvgIpc) is 2.98. The molecule has 0 fully saturated rings. The SMILES string of the molecule is COc1cc(CN=Nc2nc3ccccc3s2)cc([N+](=O)[O-])c1O. The van der Waals surface area contributed by atoms with Crippen molar-refractivity contribution in [3.8, 4) is 11.5 Å². The monoisotopic (exact) mass is 344 g/mol. The van der Waals surface area contributed by atoms with Gasteiger partial charge in [-0.05, 0) is 23.8 Å². The maximum Gasteiger partial charge on any atom is 0.315 e. The number of benzene rings is 2. The number of rotatable bonds is 5. The number of phenols is 1. The predicted octanol–water partition coefficient (Wildman–Crippen LogP) is 4.20. The molecule has 2 aromatic carbocycles. The minimum absolute atomic E-state index is 0.0226. The standard InChI is InChI=1S/C15H12N4O4S/c1-23-12-7-9(6-11(14(12)20)19(21)22)8-16-18-15-17-10-4-2-3-5-13(10)24-15/h2-7,20H,8H2,1H3. The van der Waals surface area contributed by atoms with Gasteiger partial charge in [0.25, 0.3) is 0 Å². The van der Waals surface area contributed by atoms with Crippen molar-refractivity contribution in [2.45, 2.75) is 6.54 Å². The summed E-state index contributed by atoms with van der Waals surface area (Å²) in [6.45, 7) is 0.105. The molecule has 8 nitrogen and oxygen atoms in total. The van der Waals surface area contributed by atoms with Crippen LogP contribution in [0, 0.1) is 10.1 Å². The van der Waals surface area contributed by atoms with E-state index < -0.39 is 16.4 Å². The van der Waals surface area contributed by atoms with Crippen molar-refractivity contribution >= 4 is 32.4 Å². The number of nitro groups is 1. The highest BCUT2D eigenvalue weighted by molar-refractivity contribution is 7.21. The van der Waals surface area contributed by atoms with Crippen LogP contribution in [-0.4, -0.2) is 22.1 Å². The summed E-state index contributed by atoms with van der Waals surface area (Å²) in [4.78, 5) is 14.6. The van der Waals surface area contributed by atoms with E-state index in [9.17, 15) is 15.2 Å². The van der Waals surface area contributed by atoms with Gasteiger partial charge in [-0.25, -0.2) is 4.98 Å². The van der Waals surface area contributed by atoms with Crippen LogP contribution in [0.1, 0.15) is 5.56 Å². The Balaban J connectivity index is 1.83. The molecule has 9 heteroatoms. The van der Waals surface area contributed by atoms with Crippen LogP contribution in [0.4, 0.5) is 10.8 Å². The number of hydrogen-bond donors (Lipinski definition) is 1. The lowest BCUT2D eigenvalue weighted by atomic mass is 10.1. The van der Waals surface area contributed by atoms with E-state index in [1.54, 1.807) is 0 Å². The lowest BCUT2D eigenvalue weighted by Gasteiger charge is -2.05. The summed E-state index contributed by atoms with van der Waals surface area (Å²) in [5.74, 6) is -0.483. The zero-order chi connectivity index (χ0) is 17.1. The van der Waals surface area contributed by atoms with Crippen LogP contribution in [0.25, 0.3) is 10.2 Å². The Morgan fingerprint density at radius 1 is 1.38 bits per heavy atom. The number of nitro benzene ring substituents is 1. The first-order chi connectivity index (χ1) is 11.6. The van der Waals surface area contributed by atoms with Gasteiger partial charge in [0.1, 0.15) is 0 Å². The van der Waals surface area contributed by atoms with E-state index >= 15 is 0 Å². The predicted molar refractivity (Wildman–Crippen MR) is 89.2 cm³/mol. The molecule has 0 radical (unpaired) electrons. The largest absolute Gasteiger partial charge is 0.500 e. The number of azo groups is 1. The van der Waals surface area contributed by atoms with Crippen molar-refractivity contribution in [1.29, 1.82) is 0 Å².